The number of hydrogen-bond donors (Lipinski definition) is 1. The predicted molar refractivity (Wildman–Crippen MR) is 90.3 cm³/mol. The van der Waals surface area contributed by atoms with Crippen LogP contribution in [0.1, 0.15) is 43.6 Å². The van der Waals surface area contributed by atoms with E-state index in [0.29, 0.717) is 16.5 Å². The highest BCUT2D eigenvalue weighted by atomic mass is 35.5. The molecule has 0 aliphatic heterocycles. The summed E-state index contributed by atoms with van der Waals surface area (Å²) in [5, 5.41) is 11.4. The van der Waals surface area contributed by atoms with Crippen molar-refractivity contribution >= 4 is 23.2 Å². The molecule has 1 N–H and O–H groups in total. The third kappa shape index (κ3) is 4.00. The number of aliphatic hydroxyl groups is 1. The number of hydrogen-bond acceptors (Lipinski definition) is 1. The molecule has 1 atom stereocenters. The van der Waals surface area contributed by atoms with Gasteiger partial charge in [-0.1, -0.05) is 80.4 Å². The van der Waals surface area contributed by atoms with Crippen LogP contribution >= 0.6 is 23.2 Å². The number of halogens is 2. The van der Waals surface area contributed by atoms with Gasteiger partial charge in [0, 0.05) is 6.42 Å². The molecule has 2 aromatic rings. The van der Waals surface area contributed by atoms with Gasteiger partial charge in [0.1, 0.15) is 0 Å². The van der Waals surface area contributed by atoms with Gasteiger partial charge in [-0.3, -0.25) is 0 Å². The van der Waals surface area contributed by atoms with Gasteiger partial charge in [0.25, 0.3) is 0 Å². The summed E-state index contributed by atoms with van der Waals surface area (Å²) in [6.45, 7) is 6.51. The Morgan fingerprint density at radius 1 is 1.00 bits per heavy atom. The van der Waals surface area contributed by atoms with Crippen LogP contribution in [0.15, 0.2) is 42.5 Å². The maximum atomic E-state index is 10.4. The molecule has 1 unspecified atom stereocenters. The van der Waals surface area contributed by atoms with Crippen molar-refractivity contribution in [3.63, 3.8) is 0 Å². The van der Waals surface area contributed by atoms with E-state index in [4.69, 9.17) is 23.2 Å². The Labute approximate surface area is 136 Å². The quantitative estimate of drug-likeness (QED) is 0.783. The van der Waals surface area contributed by atoms with E-state index in [1.165, 1.54) is 5.56 Å². The number of aliphatic hydroxyl groups excluding tert-OH is 1. The predicted octanol–water partition coefficient (Wildman–Crippen LogP) is 5.57. The van der Waals surface area contributed by atoms with E-state index in [2.05, 4.69) is 32.9 Å². The first-order valence-corrected chi connectivity index (χ1v) is 7.76. The van der Waals surface area contributed by atoms with Crippen molar-refractivity contribution in [3.8, 4) is 0 Å². The highest BCUT2D eigenvalue weighted by Gasteiger charge is 2.16. The van der Waals surface area contributed by atoms with Crippen molar-refractivity contribution in [2.75, 3.05) is 0 Å². The molecule has 112 valence electrons. The zero-order valence-corrected chi connectivity index (χ0v) is 14.0. The van der Waals surface area contributed by atoms with Crippen molar-refractivity contribution in [1.29, 1.82) is 0 Å². The molecule has 3 heteroatoms. The lowest BCUT2D eigenvalue weighted by Gasteiger charge is -2.20. The molecule has 0 aromatic heterocycles. The summed E-state index contributed by atoms with van der Waals surface area (Å²) in [7, 11) is 0. The van der Waals surface area contributed by atoms with Gasteiger partial charge in [0.05, 0.1) is 16.1 Å². The zero-order valence-electron chi connectivity index (χ0n) is 12.5. The van der Waals surface area contributed by atoms with Gasteiger partial charge in [0.15, 0.2) is 0 Å². The Balaban J connectivity index is 2.17. The average Bonchev–Trinajstić information content (AvgIpc) is 2.43. The van der Waals surface area contributed by atoms with E-state index >= 15 is 0 Å². The molecule has 1 nitrogen and oxygen atoms in total. The van der Waals surface area contributed by atoms with Crippen molar-refractivity contribution < 1.29 is 5.11 Å². The Hall–Kier alpha value is -1.02. The second-order valence-corrected chi connectivity index (χ2v) is 7.09. The molecule has 0 saturated carbocycles. The van der Waals surface area contributed by atoms with Crippen LogP contribution in [0.4, 0.5) is 0 Å². The molecule has 0 bridgehead atoms. The second kappa shape index (κ2) is 6.39. The standard InChI is InChI=1S/C18H20Cl2O/c1-18(2,3)14-9-7-12(8-10-14)16(21)11-13-5-4-6-15(19)17(13)20/h4-10,16,21H,11H2,1-3H3. The minimum absolute atomic E-state index is 0.111. The summed E-state index contributed by atoms with van der Waals surface area (Å²) < 4.78 is 0. The molecule has 0 saturated heterocycles. The van der Waals surface area contributed by atoms with Crippen LogP contribution in [0.5, 0.6) is 0 Å². The molecule has 0 heterocycles. The van der Waals surface area contributed by atoms with Crippen molar-refractivity contribution in [2.45, 2.75) is 38.7 Å². The summed E-state index contributed by atoms with van der Waals surface area (Å²) in [5.74, 6) is 0. The van der Waals surface area contributed by atoms with E-state index in [9.17, 15) is 5.11 Å². The van der Waals surface area contributed by atoms with Gasteiger partial charge in [-0.2, -0.15) is 0 Å². The summed E-state index contributed by atoms with van der Waals surface area (Å²) in [5.41, 5.74) is 3.11. The molecule has 0 fully saturated rings. The molecule has 0 aliphatic carbocycles. The monoisotopic (exact) mass is 322 g/mol. The Kier molecular flexibility index (Phi) is 4.98. The zero-order chi connectivity index (χ0) is 15.6. The van der Waals surface area contributed by atoms with Crippen LogP contribution in [0.25, 0.3) is 0 Å². The first-order chi connectivity index (χ1) is 9.79. The van der Waals surface area contributed by atoms with Crippen LogP contribution in [-0.2, 0) is 11.8 Å². The first kappa shape index (κ1) is 16.4. The van der Waals surface area contributed by atoms with Crippen molar-refractivity contribution in [2.24, 2.45) is 0 Å². The summed E-state index contributed by atoms with van der Waals surface area (Å²) in [6, 6.07) is 13.6. The lowest BCUT2D eigenvalue weighted by atomic mass is 9.86. The molecule has 21 heavy (non-hydrogen) atoms. The smallest absolute Gasteiger partial charge is 0.0830 e. The third-order valence-electron chi connectivity index (χ3n) is 3.61. The second-order valence-electron chi connectivity index (χ2n) is 6.30. The Morgan fingerprint density at radius 3 is 2.19 bits per heavy atom. The van der Waals surface area contributed by atoms with E-state index < -0.39 is 6.10 Å². The topological polar surface area (TPSA) is 20.2 Å². The molecular weight excluding hydrogens is 303 g/mol. The molecule has 0 radical (unpaired) electrons. The van der Waals surface area contributed by atoms with Crippen LogP contribution in [0.3, 0.4) is 0 Å². The first-order valence-electron chi connectivity index (χ1n) is 7.00. The Bertz CT molecular complexity index is 612. The van der Waals surface area contributed by atoms with Gasteiger partial charge in [-0.25, -0.2) is 0 Å². The molecule has 2 aromatic carbocycles. The number of rotatable bonds is 3. The summed E-state index contributed by atoms with van der Waals surface area (Å²) in [4.78, 5) is 0. The van der Waals surface area contributed by atoms with Crippen LogP contribution in [0, 0.1) is 0 Å². The average molecular weight is 323 g/mol. The third-order valence-corrected chi connectivity index (χ3v) is 4.46. The fraction of sp³-hybridized carbons (Fsp3) is 0.333. The van der Waals surface area contributed by atoms with E-state index in [1.54, 1.807) is 6.07 Å². The SMILES string of the molecule is CC(C)(C)c1ccc(C(O)Cc2cccc(Cl)c2Cl)cc1. The van der Waals surface area contributed by atoms with Crippen molar-refractivity contribution in [3.05, 3.63) is 69.2 Å². The fourth-order valence-corrected chi connectivity index (χ4v) is 2.63. The van der Waals surface area contributed by atoms with E-state index in [0.717, 1.165) is 11.1 Å². The molecular formula is C18H20Cl2O. The Morgan fingerprint density at radius 2 is 1.62 bits per heavy atom. The van der Waals surface area contributed by atoms with Crippen LogP contribution in [0.2, 0.25) is 10.0 Å². The highest BCUT2D eigenvalue weighted by molar-refractivity contribution is 6.42. The lowest BCUT2D eigenvalue weighted by Crippen LogP contribution is -2.11. The van der Waals surface area contributed by atoms with Crippen LogP contribution in [-0.4, -0.2) is 5.11 Å². The normalized spacial score (nSPS) is 13.2. The molecule has 2 rings (SSSR count). The van der Waals surface area contributed by atoms with Crippen LogP contribution < -0.4 is 0 Å². The molecule has 0 amide bonds. The molecule has 0 aliphatic rings. The lowest BCUT2D eigenvalue weighted by molar-refractivity contribution is 0.178. The maximum Gasteiger partial charge on any atom is 0.0830 e. The molecule has 0 spiro atoms. The van der Waals surface area contributed by atoms with Gasteiger partial charge < -0.3 is 5.11 Å². The van der Waals surface area contributed by atoms with E-state index in [1.807, 2.05) is 24.3 Å². The minimum Gasteiger partial charge on any atom is -0.388 e. The maximum absolute atomic E-state index is 10.4. The fourth-order valence-electron chi connectivity index (χ4n) is 2.24. The number of benzene rings is 2. The van der Waals surface area contributed by atoms with Gasteiger partial charge in [-0.15, -0.1) is 0 Å². The van der Waals surface area contributed by atoms with E-state index in [-0.39, 0.29) is 5.41 Å². The van der Waals surface area contributed by atoms with Crippen molar-refractivity contribution in [1.82, 2.24) is 0 Å². The van der Waals surface area contributed by atoms with Gasteiger partial charge in [0.2, 0.25) is 0 Å². The van der Waals surface area contributed by atoms with Gasteiger partial charge in [-0.05, 0) is 28.2 Å². The van der Waals surface area contributed by atoms with Gasteiger partial charge >= 0.3 is 0 Å². The summed E-state index contributed by atoms with van der Waals surface area (Å²) >= 11 is 12.2. The largest absolute Gasteiger partial charge is 0.388 e. The summed E-state index contributed by atoms with van der Waals surface area (Å²) in [6.07, 6.45) is -0.135. The highest BCUT2D eigenvalue weighted by Crippen LogP contribution is 2.30. The minimum atomic E-state index is -0.588.